The Kier molecular flexibility index (Phi) is 4.09. The topological polar surface area (TPSA) is 21.3 Å². The van der Waals surface area contributed by atoms with Crippen molar-refractivity contribution in [3.05, 3.63) is 33.8 Å². The van der Waals surface area contributed by atoms with Crippen LogP contribution in [0.1, 0.15) is 25.0 Å². The van der Waals surface area contributed by atoms with Crippen LogP contribution in [0.25, 0.3) is 0 Å². The normalized spacial score (nSPS) is 25.7. The van der Waals surface area contributed by atoms with Crippen LogP contribution in [0.15, 0.2) is 18.2 Å². The zero-order chi connectivity index (χ0) is 11.5. The first-order valence-corrected chi connectivity index (χ1v) is 6.28. The highest BCUT2D eigenvalue weighted by Gasteiger charge is 2.24. The van der Waals surface area contributed by atoms with Gasteiger partial charge in [-0.25, -0.2) is 0 Å². The van der Waals surface area contributed by atoms with Crippen LogP contribution < -0.4 is 5.32 Å². The van der Waals surface area contributed by atoms with E-state index in [4.69, 9.17) is 27.9 Å². The average molecular weight is 260 g/mol. The molecule has 2 atom stereocenters. The van der Waals surface area contributed by atoms with Gasteiger partial charge in [0, 0.05) is 18.7 Å². The van der Waals surface area contributed by atoms with Crippen molar-refractivity contribution in [2.45, 2.75) is 25.6 Å². The van der Waals surface area contributed by atoms with E-state index in [0.29, 0.717) is 10.0 Å². The predicted molar refractivity (Wildman–Crippen MR) is 67.2 cm³/mol. The van der Waals surface area contributed by atoms with Gasteiger partial charge in [0.05, 0.1) is 22.3 Å². The molecule has 2 nitrogen and oxygen atoms in total. The van der Waals surface area contributed by atoms with E-state index in [1.165, 1.54) is 0 Å². The van der Waals surface area contributed by atoms with Crippen molar-refractivity contribution >= 4 is 23.2 Å². The summed E-state index contributed by atoms with van der Waals surface area (Å²) in [4.78, 5) is 0. The first-order chi connectivity index (χ1) is 7.72. The number of hydrogen-bond acceptors (Lipinski definition) is 2. The largest absolute Gasteiger partial charge is 0.368 e. The minimum atomic E-state index is 0.00454. The first-order valence-electron chi connectivity index (χ1n) is 5.52. The Labute approximate surface area is 106 Å². The Morgan fingerprint density at radius 2 is 2.19 bits per heavy atom. The minimum absolute atomic E-state index is 0.00454. The summed E-state index contributed by atoms with van der Waals surface area (Å²) in [5.74, 6) is 0. The van der Waals surface area contributed by atoms with Crippen molar-refractivity contribution in [1.82, 2.24) is 5.32 Å². The number of rotatable bonds is 2. The number of ether oxygens (including phenoxy) is 1. The van der Waals surface area contributed by atoms with Crippen LogP contribution in [0.3, 0.4) is 0 Å². The molecule has 0 radical (unpaired) electrons. The second-order valence-corrected chi connectivity index (χ2v) is 4.74. The summed E-state index contributed by atoms with van der Waals surface area (Å²) in [5, 5.41) is 4.54. The van der Waals surface area contributed by atoms with Gasteiger partial charge in [-0.15, -0.1) is 0 Å². The fraction of sp³-hybridized carbons (Fsp3) is 0.500. The van der Waals surface area contributed by atoms with Gasteiger partial charge < -0.3 is 10.1 Å². The second-order valence-electron chi connectivity index (χ2n) is 3.96. The van der Waals surface area contributed by atoms with Gasteiger partial charge in [-0.1, -0.05) is 42.3 Å². The number of nitrogens with one attached hydrogen (secondary N) is 1. The lowest BCUT2D eigenvalue weighted by Crippen LogP contribution is -2.40. The van der Waals surface area contributed by atoms with Crippen LogP contribution in [0.4, 0.5) is 0 Å². The summed E-state index contributed by atoms with van der Waals surface area (Å²) in [7, 11) is 0. The second kappa shape index (κ2) is 5.37. The molecule has 0 amide bonds. The highest BCUT2D eigenvalue weighted by Crippen LogP contribution is 2.33. The lowest BCUT2D eigenvalue weighted by Gasteiger charge is -2.31. The van der Waals surface area contributed by atoms with Crippen molar-refractivity contribution < 1.29 is 4.74 Å². The van der Waals surface area contributed by atoms with E-state index in [-0.39, 0.29) is 12.2 Å². The Bertz CT molecular complexity index is 370. The smallest absolute Gasteiger partial charge is 0.0968 e. The standard InChI is InChI=1S/C12H15Cl2NO/c1-2-8-6-15-7-11(16-8)9-4-3-5-10(13)12(9)14/h3-5,8,11,15H,2,6-7H2,1H3. The third-order valence-corrected chi connectivity index (χ3v) is 3.68. The van der Waals surface area contributed by atoms with E-state index in [0.717, 1.165) is 25.1 Å². The summed E-state index contributed by atoms with van der Waals surface area (Å²) < 4.78 is 5.95. The summed E-state index contributed by atoms with van der Waals surface area (Å²) in [6.07, 6.45) is 1.26. The van der Waals surface area contributed by atoms with Gasteiger partial charge in [-0.2, -0.15) is 0 Å². The quantitative estimate of drug-likeness (QED) is 0.879. The van der Waals surface area contributed by atoms with Gasteiger partial charge in [0.1, 0.15) is 0 Å². The summed E-state index contributed by atoms with van der Waals surface area (Å²) in [6, 6.07) is 5.67. The molecule has 16 heavy (non-hydrogen) atoms. The SMILES string of the molecule is CCC1CNCC(c2cccc(Cl)c2Cl)O1. The van der Waals surface area contributed by atoms with Crippen molar-refractivity contribution in [1.29, 1.82) is 0 Å². The highest BCUT2D eigenvalue weighted by molar-refractivity contribution is 6.42. The summed E-state index contributed by atoms with van der Waals surface area (Å²) >= 11 is 12.2. The highest BCUT2D eigenvalue weighted by atomic mass is 35.5. The predicted octanol–water partition coefficient (Wildman–Crippen LogP) is 3.43. The number of morpholine rings is 1. The van der Waals surface area contributed by atoms with Crippen molar-refractivity contribution in [3.8, 4) is 0 Å². The molecule has 4 heteroatoms. The van der Waals surface area contributed by atoms with E-state index in [1.807, 2.05) is 12.1 Å². The average Bonchev–Trinajstić information content (AvgIpc) is 2.33. The van der Waals surface area contributed by atoms with Crippen LogP contribution in [-0.4, -0.2) is 19.2 Å². The van der Waals surface area contributed by atoms with Crippen LogP contribution in [0, 0.1) is 0 Å². The van der Waals surface area contributed by atoms with E-state index >= 15 is 0 Å². The molecular formula is C12H15Cl2NO. The van der Waals surface area contributed by atoms with Gasteiger partial charge in [0.2, 0.25) is 0 Å². The molecule has 1 N–H and O–H groups in total. The zero-order valence-electron chi connectivity index (χ0n) is 9.17. The van der Waals surface area contributed by atoms with Crippen LogP contribution in [0.2, 0.25) is 10.0 Å². The Morgan fingerprint density at radius 1 is 1.38 bits per heavy atom. The van der Waals surface area contributed by atoms with E-state index in [1.54, 1.807) is 6.07 Å². The molecular weight excluding hydrogens is 245 g/mol. The van der Waals surface area contributed by atoms with E-state index < -0.39 is 0 Å². The molecule has 1 saturated heterocycles. The molecule has 1 aromatic rings. The molecule has 0 aromatic heterocycles. The van der Waals surface area contributed by atoms with Crippen molar-refractivity contribution in [2.24, 2.45) is 0 Å². The van der Waals surface area contributed by atoms with Crippen LogP contribution in [0.5, 0.6) is 0 Å². The monoisotopic (exact) mass is 259 g/mol. The van der Waals surface area contributed by atoms with Gasteiger partial charge in [-0.3, -0.25) is 0 Å². The van der Waals surface area contributed by atoms with Crippen molar-refractivity contribution in [2.75, 3.05) is 13.1 Å². The fourth-order valence-electron chi connectivity index (χ4n) is 1.90. The van der Waals surface area contributed by atoms with Gasteiger partial charge >= 0.3 is 0 Å². The Hall–Kier alpha value is -0.280. The van der Waals surface area contributed by atoms with E-state index in [9.17, 15) is 0 Å². The molecule has 0 spiro atoms. The van der Waals surface area contributed by atoms with Crippen LogP contribution in [-0.2, 0) is 4.74 Å². The molecule has 1 aromatic carbocycles. The molecule has 2 rings (SSSR count). The summed E-state index contributed by atoms with van der Waals surface area (Å²) in [6.45, 7) is 3.82. The van der Waals surface area contributed by atoms with Gasteiger partial charge in [0.15, 0.2) is 0 Å². The zero-order valence-corrected chi connectivity index (χ0v) is 10.7. The third-order valence-electron chi connectivity index (χ3n) is 2.84. The lowest BCUT2D eigenvalue weighted by molar-refractivity contribution is -0.0399. The van der Waals surface area contributed by atoms with E-state index in [2.05, 4.69) is 12.2 Å². The number of hydrogen-bond donors (Lipinski definition) is 1. The van der Waals surface area contributed by atoms with Gasteiger partial charge in [-0.05, 0) is 12.5 Å². The number of benzene rings is 1. The lowest BCUT2D eigenvalue weighted by atomic mass is 10.1. The minimum Gasteiger partial charge on any atom is -0.368 e. The molecule has 0 aliphatic carbocycles. The molecule has 0 saturated carbocycles. The molecule has 88 valence electrons. The fourth-order valence-corrected chi connectivity index (χ4v) is 2.33. The maximum absolute atomic E-state index is 6.18. The first kappa shape index (κ1) is 12.2. The Morgan fingerprint density at radius 3 is 2.94 bits per heavy atom. The van der Waals surface area contributed by atoms with Gasteiger partial charge in [0.25, 0.3) is 0 Å². The molecule has 1 fully saturated rings. The molecule has 2 unspecified atom stereocenters. The maximum atomic E-state index is 6.18. The Balaban J connectivity index is 2.20. The molecule has 0 bridgehead atoms. The summed E-state index contributed by atoms with van der Waals surface area (Å²) in [5.41, 5.74) is 0.972. The molecule has 1 aliphatic rings. The van der Waals surface area contributed by atoms with Crippen LogP contribution >= 0.6 is 23.2 Å². The number of halogens is 2. The van der Waals surface area contributed by atoms with Crippen molar-refractivity contribution in [3.63, 3.8) is 0 Å². The molecule has 1 aliphatic heterocycles. The molecule has 1 heterocycles. The maximum Gasteiger partial charge on any atom is 0.0968 e. The third kappa shape index (κ3) is 2.51.